The van der Waals surface area contributed by atoms with E-state index in [4.69, 9.17) is 9.47 Å². The van der Waals surface area contributed by atoms with Crippen LogP contribution in [-0.2, 0) is 0 Å². The first-order valence-electron chi connectivity index (χ1n) is 10.0. The van der Waals surface area contributed by atoms with Gasteiger partial charge in [-0.1, -0.05) is 0 Å². The van der Waals surface area contributed by atoms with Gasteiger partial charge in [-0.25, -0.2) is 0 Å². The summed E-state index contributed by atoms with van der Waals surface area (Å²) < 4.78 is 10.8. The van der Waals surface area contributed by atoms with E-state index in [0.29, 0.717) is 6.04 Å². The van der Waals surface area contributed by atoms with Gasteiger partial charge in [-0.15, -0.1) is 24.0 Å². The first kappa shape index (κ1) is 25.6. The quantitative estimate of drug-likeness (QED) is 0.223. The van der Waals surface area contributed by atoms with Gasteiger partial charge in [-0.05, 0) is 33.6 Å². The van der Waals surface area contributed by atoms with Crippen LogP contribution in [0.2, 0.25) is 0 Å². The average Bonchev–Trinajstić information content (AvgIpc) is 2.69. The first-order valence-corrected chi connectivity index (χ1v) is 10.0. The molecule has 2 rings (SSSR count). The van der Waals surface area contributed by atoms with Crippen LogP contribution in [0.1, 0.15) is 33.6 Å². The van der Waals surface area contributed by atoms with Crippen molar-refractivity contribution < 1.29 is 9.47 Å². The Morgan fingerprint density at radius 1 is 1.07 bits per heavy atom. The largest absolute Gasteiger partial charge is 0.497 e. The molecule has 1 fully saturated rings. The van der Waals surface area contributed by atoms with E-state index >= 15 is 0 Å². The second-order valence-electron chi connectivity index (χ2n) is 8.15. The van der Waals surface area contributed by atoms with Crippen molar-refractivity contribution in [3.8, 4) is 11.5 Å². The number of methoxy groups -OCH3 is 2. The number of guanidine groups is 1. The predicted octanol–water partition coefficient (Wildman–Crippen LogP) is 2.84. The Bertz CT molecular complexity index is 618. The number of rotatable bonds is 7. The van der Waals surface area contributed by atoms with E-state index in [2.05, 4.69) is 58.7 Å². The summed E-state index contributed by atoms with van der Waals surface area (Å²) in [6.45, 7) is 10.2. The molecule has 166 valence electrons. The van der Waals surface area contributed by atoms with Crippen LogP contribution in [0.4, 0.5) is 5.69 Å². The van der Waals surface area contributed by atoms with E-state index in [0.717, 1.165) is 62.2 Å². The van der Waals surface area contributed by atoms with Crippen LogP contribution in [0.5, 0.6) is 11.5 Å². The third-order valence-electron chi connectivity index (χ3n) is 4.83. The summed E-state index contributed by atoms with van der Waals surface area (Å²) in [7, 11) is 5.19. The molecule has 1 saturated heterocycles. The highest BCUT2D eigenvalue weighted by Gasteiger charge is 2.21. The molecule has 1 aromatic carbocycles. The SMILES string of the molecule is CN=C(NCCNC(C)(C)C)NC1CCN(c2cc(OC)cc(OC)c2)CC1.I. The summed E-state index contributed by atoms with van der Waals surface area (Å²) in [5.74, 6) is 2.52. The molecular weight excluding hydrogens is 481 g/mol. The number of halogens is 1. The van der Waals surface area contributed by atoms with Gasteiger partial charge in [-0.3, -0.25) is 4.99 Å². The molecule has 3 N–H and O–H groups in total. The van der Waals surface area contributed by atoms with Crippen molar-refractivity contribution in [2.45, 2.75) is 45.2 Å². The van der Waals surface area contributed by atoms with E-state index in [1.165, 1.54) is 0 Å². The highest BCUT2D eigenvalue weighted by molar-refractivity contribution is 14.0. The van der Waals surface area contributed by atoms with Gasteiger partial charge in [-0.2, -0.15) is 0 Å². The van der Waals surface area contributed by atoms with Gasteiger partial charge in [0.1, 0.15) is 11.5 Å². The third-order valence-corrected chi connectivity index (χ3v) is 4.83. The minimum absolute atomic E-state index is 0. The first-order chi connectivity index (χ1) is 13.3. The summed E-state index contributed by atoms with van der Waals surface area (Å²) in [6, 6.07) is 6.46. The minimum atomic E-state index is 0. The molecule has 0 unspecified atom stereocenters. The highest BCUT2D eigenvalue weighted by atomic mass is 127. The lowest BCUT2D eigenvalue weighted by Crippen LogP contribution is -2.50. The van der Waals surface area contributed by atoms with Crippen LogP contribution in [0.25, 0.3) is 0 Å². The molecule has 0 aliphatic carbocycles. The Morgan fingerprint density at radius 2 is 1.66 bits per heavy atom. The summed E-state index contributed by atoms with van der Waals surface area (Å²) >= 11 is 0. The maximum Gasteiger partial charge on any atom is 0.191 e. The molecule has 0 amide bonds. The van der Waals surface area contributed by atoms with Crippen LogP contribution in [0, 0.1) is 0 Å². The van der Waals surface area contributed by atoms with Gasteiger partial charge in [0.2, 0.25) is 0 Å². The number of nitrogens with one attached hydrogen (secondary N) is 3. The lowest BCUT2D eigenvalue weighted by molar-refractivity contribution is 0.393. The fourth-order valence-electron chi connectivity index (χ4n) is 3.26. The lowest BCUT2D eigenvalue weighted by Gasteiger charge is -2.35. The molecule has 8 heteroatoms. The Hall–Kier alpha value is -1.42. The summed E-state index contributed by atoms with van der Waals surface area (Å²) in [4.78, 5) is 6.74. The van der Waals surface area contributed by atoms with Gasteiger partial charge in [0.05, 0.1) is 14.2 Å². The van der Waals surface area contributed by atoms with Crippen molar-refractivity contribution in [3.63, 3.8) is 0 Å². The molecule has 1 heterocycles. The zero-order valence-corrected chi connectivity index (χ0v) is 21.0. The zero-order valence-electron chi connectivity index (χ0n) is 18.7. The molecular formula is C21H38IN5O2. The number of aliphatic imine (C=N–C) groups is 1. The van der Waals surface area contributed by atoms with Gasteiger partial charge in [0, 0.05) is 68.7 Å². The number of ether oxygens (including phenoxy) is 2. The van der Waals surface area contributed by atoms with E-state index in [1.807, 2.05) is 13.1 Å². The molecule has 0 aromatic heterocycles. The summed E-state index contributed by atoms with van der Waals surface area (Å²) in [5.41, 5.74) is 1.28. The van der Waals surface area contributed by atoms with E-state index in [-0.39, 0.29) is 29.5 Å². The van der Waals surface area contributed by atoms with Crippen LogP contribution in [0.3, 0.4) is 0 Å². The van der Waals surface area contributed by atoms with E-state index in [1.54, 1.807) is 14.2 Å². The van der Waals surface area contributed by atoms with Crippen molar-refractivity contribution in [2.24, 2.45) is 4.99 Å². The van der Waals surface area contributed by atoms with Crippen molar-refractivity contribution in [1.82, 2.24) is 16.0 Å². The molecule has 0 bridgehead atoms. The van der Waals surface area contributed by atoms with Crippen molar-refractivity contribution in [3.05, 3.63) is 18.2 Å². The Balaban J connectivity index is 0.00000420. The van der Waals surface area contributed by atoms with Crippen molar-refractivity contribution >= 4 is 35.6 Å². The fourth-order valence-corrected chi connectivity index (χ4v) is 3.26. The molecule has 0 radical (unpaired) electrons. The molecule has 29 heavy (non-hydrogen) atoms. The molecule has 0 atom stereocenters. The van der Waals surface area contributed by atoms with Crippen LogP contribution < -0.4 is 30.3 Å². The maximum absolute atomic E-state index is 5.40. The molecule has 7 nitrogen and oxygen atoms in total. The molecule has 0 saturated carbocycles. The standard InChI is InChI=1S/C21H37N5O2.HI/c1-21(2,3)24-10-9-23-20(22-4)25-16-7-11-26(12-8-16)17-13-18(27-5)15-19(14-17)28-6;/h13-16,24H,7-12H2,1-6H3,(H2,22,23,25);1H. The monoisotopic (exact) mass is 519 g/mol. The second-order valence-corrected chi connectivity index (χ2v) is 8.15. The summed E-state index contributed by atoms with van der Waals surface area (Å²) in [6.07, 6.45) is 2.11. The zero-order chi connectivity index (χ0) is 20.6. The number of piperidine rings is 1. The number of nitrogens with zero attached hydrogens (tertiary/aromatic N) is 2. The Kier molecular flexibility index (Phi) is 10.9. The van der Waals surface area contributed by atoms with Gasteiger partial charge >= 0.3 is 0 Å². The van der Waals surface area contributed by atoms with Crippen LogP contribution in [-0.4, -0.2) is 65.0 Å². The maximum atomic E-state index is 5.40. The Morgan fingerprint density at radius 3 is 2.14 bits per heavy atom. The lowest BCUT2D eigenvalue weighted by atomic mass is 10.0. The number of hydrogen-bond acceptors (Lipinski definition) is 5. The summed E-state index contributed by atoms with van der Waals surface area (Å²) in [5, 5.41) is 10.4. The molecule has 1 aliphatic rings. The predicted molar refractivity (Wildman–Crippen MR) is 132 cm³/mol. The second kappa shape index (κ2) is 12.3. The number of hydrogen-bond donors (Lipinski definition) is 3. The smallest absolute Gasteiger partial charge is 0.191 e. The molecule has 0 spiro atoms. The Labute approximate surface area is 193 Å². The van der Waals surface area contributed by atoms with Crippen molar-refractivity contribution in [2.75, 3.05) is 52.3 Å². The van der Waals surface area contributed by atoms with E-state index < -0.39 is 0 Å². The van der Waals surface area contributed by atoms with Crippen molar-refractivity contribution in [1.29, 1.82) is 0 Å². The third kappa shape index (κ3) is 8.86. The molecule has 1 aromatic rings. The average molecular weight is 519 g/mol. The van der Waals surface area contributed by atoms with Gasteiger partial charge in [0.15, 0.2) is 5.96 Å². The van der Waals surface area contributed by atoms with Gasteiger partial charge in [0.25, 0.3) is 0 Å². The highest BCUT2D eigenvalue weighted by Crippen LogP contribution is 2.30. The topological polar surface area (TPSA) is 70.2 Å². The molecule has 1 aliphatic heterocycles. The normalized spacial score (nSPS) is 15.5. The van der Waals surface area contributed by atoms with E-state index in [9.17, 15) is 0 Å². The van der Waals surface area contributed by atoms with Crippen LogP contribution in [0.15, 0.2) is 23.2 Å². The minimum Gasteiger partial charge on any atom is -0.497 e. The number of benzene rings is 1. The number of anilines is 1. The van der Waals surface area contributed by atoms with Gasteiger partial charge < -0.3 is 30.3 Å². The fraction of sp³-hybridized carbons (Fsp3) is 0.667. The van der Waals surface area contributed by atoms with Crippen LogP contribution >= 0.6 is 24.0 Å².